The molecular weight excluding hydrogens is 250 g/mol. The molecule has 0 aliphatic heterocycles. The van der Waals surface area contributed by atoms with Gasteiger partial charge in [0.1, 0.15) is 0 Å². The Morgan fingerprint density at radius 1 is 1.58 bits per heavy atom. The van der Waals surface area contributed by atoms with E-state index in [1.807, 2.05) is 4.90 Å². The lowest BCUT2D eigenvalue weighted by molar-refractivity contribution is -0.137. The van der Waals surface area contributed by atoms with Crippen LogP contribution >= 0.6 is 0 Å². The third-order valence-electron chi connectivity index (χ3n) is 2.79. The number of likely N-dealkylation sites (N-methyl/N-ethyl adjacent to an activating group) is 1. The molecule has 4 N–H and O–H groups in total. The number of carboxylic acids is 1. The van der Waals surface area contributed by atoms with Gasteiger partial charge in [-0.2, -0.15) is 0 Å². The molecule has 1 unspecified atom stereocenters. The number of aromatic nitrogens is 1. The van der Waals surface area contributed by atoms with E-state index in [0.717, 1.165) is 5.69 Å². The van der Waals surface area contributed by atoms with E-state index in [0.29, 0.717) is 17.6 Å². The fourth-order valence-electron chi connectivity index (χ4n) is 1.92. The smallest absolute Gasteiger partial charge is 0.417 e. The van der Waals surface area contributed by atoms with Crippen molar-refractivity contribution < 1.29 is 14.3 Å². The number of H-pyrrole nitrogens is 1. The number of oxazole rings is 1. The lowest BCUT2D eigenvalue weighted by Crippen LogP contribution is -2.36. The van der Waals surface area contributed by atoms with Gasteiger partial charge in [-0.25, -0.2) is 4.79 Å². The number of benzene rings is 1. The molecule has 7 heteroatoms. The van der Waals surface area contributed by atoms with Crippen molar-refractivity contribution in [2.75, 3.05) is 18.5 Å². The van der Waals surface area contributed by atoms with Gasteiger partial charge < -0.3 is 20.2 Å². The molecule has 0 spiro atoms. The highest BCUT2D eigenvalue weighted by atomic mass is 16.4. The molecule has 2 rings (SSSR count). The third-order valence-corrected chi connectivity index (χ3v) is 2.79. The minimum Gasteiger partial charge on any atom is -0.481 e. The Hall–Kier alpha value is -2.28. The molecule has 1 aromatic heterocycles. The maximum atomic E-state index is 11.0. The van der Waals surface area contributed by atoms with Crippen molar-refractivity contribution in [3.8, 4) is 0 Å². The number of nitrogens with zero attached hydrogens (tertiary/aromatic N) is 1. The van der Waals surface area contributed by atoms with Gasteiger partial charge in [0.05, 0.1) is 11.9 Å². The molecular formula is C12H15N3O4. The molecule has 1 atom stereocenters. The Kier molecular flexibility index (Phi) is 3.57. The summed E-state index contributed by atoms with van der Waals surface area (Å²) in [6.45, 7) is 0.395. The Bertz CT molecular complexity index is 646. The van der Waals surface area contributed by atoms with Gasteiger partial charge in [-0.1, -0.05) is 0 Å². The molecule has 19 heavy (non-hydrogen) atoms. The number of carboxylic acid groups (broad SMARTS) is 1. The van der Waals surface area contributed by atoms with Gasteiger partial charge in [0, 0.05) is 31.4 Å². The van der Waals surface area contributed by atoms with Crippen LogP contribution in [0.15, 0.2) is 27.4 Å². The number of fused-ring (bicyclic) bond motifs is 1. The fourth-order valence-corrected chi connectivity index (χ4v) is 1.92. The summed E-state index contributed by atoms with van der Waals surface area (Å²) in [5.41, 5.74) is 7.61. The van der Waals surface area contributed by atoms with E-state index < -0.39 is 17.8 Å². The number of hydrogen-bond acceptors (Lipinski definition) is 5. The van der Waals surface area contributed by atoms with Crippen molar-refractivity contribution in [1.82, 2.24) is 4.98 Å². The molecule has 0 aliphatic carbocycles. The second-order valence-corrected chi connectivity index (χ2v) is 4.43. The van der Waals surface area contributed by atoms with E-state index in [1.165, 1.54) is 0 Å². The quantitative estimate of drug-likeness (QED) is 0.719. The van der Waals surface area contributed by atoms with E-state index >= 15 is 0 Å². The number of carbonyl (C=O) groups is 1. The van der Waals surface area contributed by atoms with E-state index in [2.05, 4.69) is 4.98 Å². The predicted octanol–water partition coefficient (Wildman–Crippen LogP) is 0.359. The van der Waals surface area contributed by atoms with E-state index in [9.17, 15) is 9.59 Å². The third kappa shape index (κ3) is 3.14. The van der Waals surface area contributed by atoms with Crippen LogP contribution in [0.2, 0.25) is 0 Å². The average molecular weight is 265 g/mol. The number of aromatic amines is 1. The zero-order valence-corrected chi connectivity index (χ0v) is 10.4. The number of rotatable bonds is 5. The Morgan fingerprint density at radius 3 is 3.00 bits per heavy atom. The van der Waals surface area contributed by atoms with Gasteiger partial charge in [-0.05, 0) is 12.1 Å². The highest BCUT2D eigenvalue weighted by Crippen LogP contribution is 2.19. The van der Waals surface area contributed by atoms with Gasteiger partial charge in [0.25, 0.3) is 0 Å². The Balaban J connectivity index is 2.14. The lowest BCUT2D eigenvalue weighted by atomic mass is 10.2. The minimum atomic E-state index is -0.923. The first-order chi connectivity index (χ1) is 8.95. The molecule has 1 aromatic carbocycles. The maximum Gasteiger partial charge on any atom is 0.417 e. The van der Waals surface area contributed by atoms with Crippen LogP contribution in [0.5, 0.6) is 0 Å². The predicted molar refractivity (Wildman–Crippen MR) is 70.3 cm³/mol. The van der Waals surface area contributed by atoms with Gasteiger partial charge in [-0.3, -0.25) is 9.78 Å². The lowest BCUT2D eigenvalue weighted by Gasteiger charge is -2.22. The van der Waals surface area contributed by atoms with Crippen molar-refractivity contribution in [2.45, 2.75) is 12.5 Å². The molecule has 0 aliphatic rings. The molecule has 2 aromatic rings. The topological polar surface area (TPSA) is 113 Å². The number of hydrogen-bond donors (Lipinski definition) is 3. The SMILES string of the molecule is CN(CC(N)CC(=O)O)c1ccc2[nH]c(=O)oc2c1. The van der Waals surface area contributed by atoms with Crippen LogP contribution in [0.4, 0.5) is 5.69 Å². The maximum absolute atomic E-state index is 11.0. The van der Waals surface area contributed by atoms with Crippen molar-refractivity contribution >= 4 is 22.8 Å². The summed E-state index contributed by atoms with van der Waals surface area (Å²) in [6, 6.07) is 4.79. The first-order valence-corrected chi connectivity index (χ1v) is 5.77. The van der Waals surface area contributed by atoms with Crippen molar-refractivity contribution in [3.63, 3.8) is 0 Å². The van der Waals surface area contributed by atoms with Crippen LogP contribution in [0.1, 0.15) is 6.42 Å². The molecule has 0 fully saturated rings. The fraction of sp³-hybridized carbons (Fsp3) is 0.333. The molecule has 0 saturated carbocycles. The number of nitrogens with one attached hydrogen (secondary N) is 1. The van der Waals surface area contributed by atoms with Gasteiger partial charge in [0.15, 0.2) is 5.58 Å². The Morgan fingerprint density at radius 2 is 2.32 bits per heavy atom. The van der Waals surface area contributed by atoms with Gasteiger partial charge in [0.2, 0.25) is 0 Å². The standard InChI is InChI=1S/C12H15N3O4/c1-15(6-7(13)4-11(16)17)8-2-3-9-10(5-8)19-12(18)14-9/h2-3,5,7H,4,6,13H2,1H3,(H,14,18)(H,16,17). The molecule has 0 radical (unpaired) electrons. The molecule has 7 nitrogen and oxygen atoms in total. The summed E-state index contributed by atoms with van der Waals surface area (Å²) in [6.07, 6.45) is -0.0914. The molecule has 0 bridgehead atoms. The van der Waals surface area contributed by atoms with Crippen LogP contribution in [-0.4, -0.2) is 35.7 Å². The first kappa shape index (κ1) is 13.2. The van der Waals surface area contributed by atoms with E-state index in [1.54, 1.807) is 25.2 Å². The average Bonchev–Trinajstić information content (AvgIpc) is 2.66. The number of anilines is 1. The van der Waals surface area contributed by atoms with Crippen LogP contribution < -0.4 is 16.4 Å². The minimum absolute atomic E-state index is 0.0914. The second kappa shape index (κ2) is 5.15. The number of aliphatic carboxylic acids is 1. The van der Waals surface area contributed by atoms with Crippen LogP contribution in [0.25, 0.3) is 11.1 Å². The zero-order valence-electron chi connectivity index (χ0n) is 10.4. The van der Waals surface area contributed by atoms with Crippen LogP contribution in [0.3, 0.4) is 0 Å². The monoisotopic (exact) mass is 265 g/mol. The molecule has 1 heterocycles. The number of nitrogens with two attached hydrogens (primary N) is 1. The highest BCUT2D eigenvalue weighted by Gasteiger charge is 2.12. The Labute approximate surface area is 108 Å². The highest BCUT2D eigenvalue weighted by molar-refractivity contribution is 5.77. The summed E-state index contributed by atoms with van der Waals surface area (Å²) >= 11 is 0. The summed E-state index contributed by atoms with van der Waals surface area (Å²) < 4.78 is 4.97. The summed E-state index contributed by atoms with van der Waals surface area (Å²) in [4.78, 5) is 26.0. The molecule has 0 saturated heterocycles. The van der Waals surface area contributed by atoms with Crippen LogP contribution in [-0.2, 0) is 4.79 Å². The van der Waals surface area contributed by atoms with E-state index in [4.69, 9.17) is 15.3 Å². The molecule has 0 amide bonds. The second-order valence-electron chi connectivity index (χ2n) is 4.43. The first-order valence-electron chi connectivity index (χ1n) is 5.77. The summed E-state index contributed by atoms with van der Waals surface area (Å²) in [5.74, 6) is -1.43. The van der Waals surface area contributed by atoms with Crippen molar-refractivity contribution in [1.29, 1.82) is 0 Å². The van der Waals surface area contributed by atoms with Crippen molar-refractivity contribution in [2.24, 2.45) is 5.73 Å². The summed E-state index contributed by atoms with van der Waals surface area (Å²) in [5, 5.41) is 8.66. The molecule has 102 valence electrons. The zero-order chi connectivity index (χ0) is 14.0. The van der Waals surface area contributed by atoms with Gasteiger partial charge in [-0.15, -0.1) is 0 Å². The summed E-state index contributed by atoms with van der Waals surface area (Å²) in [7, 11) is 1.80. The van der Waals surface area contributed by atoms with E-state index in [-0.39, 0.29) is 6.42 Å². The largest absolute Gasteiger partial charge is 0.481 e. The van der Waals surface area contributed by atoms with Crippen LogP contribution in [0, 0.1) is 0 Å². The van der Waals surface area contributed by atoms with Crippen molar-refractivity contribution in [3.05, 3.63) is 28.7 Å². The normalized spacial score (nSPS) is 12.5. The van der Waals surface area contributed by atoms with Gasteiger partial charge >= 0.3 is 11.7 Å².